The Kier molecular flexibility index (Phi) is 4.48. The first kappa shape index (κ1) is 14.6. The van der Waals surface area contributed by atoms with Crippen LogP contribution in [-0.2, 0) is 6.42 Å². The van der Waals surface area contributed by atoms with Gasteiger partial charge in [-0.25, -0.2) is 0 Å². The second-order valence-corrected chi connectivity index (χ2v) is 5.10. The summed E-state index contributed by atoms with van der Waals surface area (Å²) >= 11 is 1.74. The minimum Gasteiger partial charge on any atom is -0.493 e. The number of benzene rings is 1. The number of ether oxygens (including phenoxy) is 2. The van der Waals surface area contributed by atoms with Crippen LogP contribution in [0.15, 0.2) is 23.0 Å². The fourth-order valence-corrected chi connectivity index (χ4v) is 2.02. The normalized spacial score (nSPS) is 10.3. The van der Waals surface area contributed by atoms with E-state index >= 15 is 0 Å². The number of rotatable bonds is 4. The molecule has 2 aromatic rings. The highest BCUT2D eigenvalue weighted by Gasteiger charge is 2.10. The van der Waals surface area contributed by atoms with E-state index < -0.39 is 0 Å². The number of nitrogens with one attached hydrogen (secondary N) is 1. The van der Waals surface area contributed by atoms with Crippen LogP contribution >= 0.6 is 22.6 Å². The molecule has 7 heteroatoms. The van der Waals surface area contributed by atoms with Crippen LogP contribution in [0.5, 0.6) is 17.4 Å². The fourth-order valence-electron chi connectivity index (χ4n) is 1.76. The molecule has 2 N–H and O–H groups in total. The monoisotopic (exact) mass is 388 g/mol. The molecule has 0 amide bonds. The number of halogens is 1. The minimum absolute atomic E-state index is 0.179. The average molecular weight is 388 g/mol. The predicted octanol–water partition coefficient (Wildman–Crippen LogP) is 1.69. The number of aromatic hydroxyl groups is 1. The van der Waals surface area contributed by atoms with Crippen LogP contribution in [0, 0.1) is 3.57 Å². The molecule has 0 aliphatic rings. The standard InChI is InChI=1S/C13H13IN2O4/c1-19-8-4-3-7(5-9(8)20-2)6-10-15-12(17)11(14)13(18)16-10/h3-5H,6H2,1-2H3,(H2,15,16,17,18). The molecule has 0 atom stereocenters. The van der Waals surface area contributed by atoms with E-state index in [1.54, 1.807) is 48.9 Å². The van der Waals surface area contributed by atoms with E-state index in [9.17, 15) is 9.90 Å². The van der Waals surface area contributed by atoms with E-state index in [2.05, 4.69) is 9.97 Å². The highest BCUT2D eigenvalue weighted by Crippen LogP contribution is 2.28. The number of nitrogens with zero attached hydrogens (tertiary/aromatic N) is 1. The summed E-state index contributed by atoms with van der Waals surface area (Å²) in [6.07, 6.45) is 0.375. The summed E-state index contributed by atoms with van der Waals surface area (Å²) in [5.74, 6) is 1.36. The lowest BCUT2D eigenvalue weighted by atomic mass is 10.1. The number of hydrogen-bond acceptors (Lipinski definition) is 5. The number of hydrogen-bond donors (Lipinski definition) is 2. The Labute approximate surface area is 128 Å². The zero-order valence-electron chi connectivity index (χ0n) is 10.9. The quantitative estimate of drug-likeness (QED) is 0.779. The Balaban J connectivity index is 2.33. The summed E-state index contributed by atoms with van der Waals surface area (Å²) in [6.45, 7) is 0. The van der Waals surface area contributed by atoms with Crippen LogP contribution in [0.4, 0.5) is 0 Å². The van der Waals surface area contributed by atoms with Gasteiger partial charge in [0.2, 0.25) is 5.88 Å². The van der Waals surface area contributed by atoms with Gasteiger partial charge in [-0.2, -0.15) is 4.98 Å². The maximum absolute atomic E-state index is 11.6. The van der Waals surface area contributed by atoms with Crippen LogP contribution in [0.3, 0.4) is 0 Å². The molecule has 6 nitrogen and oxygen atoms in total. The van der Waals surface area contributed by atoms with E-state index in [1.165, 1.54) is 0 Å². The molecule has 2 rings (SSSR count). The molecule has 0 saturated heterocycles. The van der Waals surface area contributed by atoms with E-state index in [1.807, 2.05) is 6.07 Å². The molecular weight excluding hydrogens is 375 g/mol. The lowest BCUT2D eigenvalue weighted by Crippen LogP contribution is -2.14. The van der Waals surface area contributed by atoms with Gasteiger partial charge in [-0.3, -0.25) is 4.79 Å². The third-order valence-corrected chi connectivity index (χ3v) is 3.69. The number of aromatic nitrogens is 2. The topological polar surface area (TPSA) is 84.4 Å². The molecule has 1 aromatic carbocycles. The summed E-state index contributed by atoms with van der Waals surface area (Å²) in [5.41, 5.74) is 0.528. The lowest BCUT2D eigenvalue weighted by Gasteiger charge is -2.09. The molecular formula is C13H13IN2O4. The highest BCUT2D eigenvalue weighted by atomic mass is 127. The smallest absolute Gasteiger partial charge is 0.268 e. The van der Waals surface area contributed by atoms with E-state index in [-0.39, 0.29) is 15.0 Å². The van der Waals surface area contributed by atoms with Gasteiger partial charge in [0, 0.05) is 6.42 Å². The van der Waals surface area contributed by atoms with E-state index in [0.29, 0.717) is 23.7 Å². The Morgan fingerprint density at radius 1 is 1.30 bits per heavy atom. The van der Waals surface area contributed by atoms with Gasteiger partial charge in [0.15, 0.2) is 11.5 Å². The lowest BCUT2D eigenvalue weighted by molar-refractivity contribution is 0.354. The summed E-state index contributed by atoms with van der Waals surface area (Å²) in [7, 11) is 3.12. The van der Waals surface area contributed by atoms with Gasteiger partial charge in [0.1, 0.15) is 9.39 Å². The molecule has 0 saturated carbocycles. The number of methoxy groups -OCH3 is 2. The van der Waals surface area contributed by atoms with Gasteiger partial charge >= 0.3 is 0 Å². The molecule has 1 heterocycles. The van der Waals surface area contributed by atoms with E-state index in [0.717, 1.165) is 5.56 Å². The first-order valence-corrected chi connectivity index (χ1v) is 6.81. The molecule has 0 bridgehead atoms. The van der Waals surface area contributed by atoms with Crippen molar-refractivity contribution < 1.29 is 14.6 Å². The van der Waals surface area contributed by atoms with Crippen molar-refractivity contribution >= 4 is 22.6 Å². The highest BCUT2D eigenvalue weighted by molar-refractivity contribution is 14.1. The van der Waals surface area contributed by atoms with Crippen molar-refractivity contribution in [2.75, 3.05) is 14.2 Å². The average Bonchev–Trinajstić information content (AvgIpc) is 2.44. The van der Waals surface area contributed by atoms with Gasteiger partial charge < -0.3 is 19.6 Å². The van der Waals surface area contributed by atoms with Crippen LogP contribution in [0.25, 0.3) is 0 Å². The summed E-state index contributed by atoms with van der Waals surface area (Å²) in [6, 6.07) is 5.42. The molecule has 1 aromatic heterocycles. The Hall–Kier alpha value is -1.77. The second-order valence-electron chi connectivity index (χ2n) is 4.02. The van der Waals surface area contributed by atoms with Gasteiger partial charge in [0.05, 0.1) is 14.2 Å². The maximum atomic E-state index is 11.6. The maximum Gasteiger partial charge on any atom is 0.268 e. The molecule has 0 unspecified atom stereocenters. The van der Waals surface area contributed by atoms with E-state index in [4.69, 9.17) is 9.47 Å². The van der Waals surface area contributed by atoms with Crippen LogP contribution in [0.2, 0.25) is 0 Å². The Bertz CT molecular complexity index is 685. The van der Waals surface area contributed by atoms with Gasteiger partial charge in [-0.15, -0.1) is 0 Å². The largest absolute Gasteiger partial charge is 0.493 e. The van der Waals surface area contributed by atoms with Crippen molar-refractivity contribution in [3.05, 3.63) is 43.5 Å². The number of aromatic amines is 1. The molecule has 106 valence electrons. The molecule has 0 aliphatic carbocycles. The summed E-state index contributed by atoms with van der Waals surface area (Å²) in [5, 5.41) is 9.56. The fraction of sp³-hybridized carbons (Fsp3) is 0.231. The Morgan fingerprint density at radius 3 is 2.60 bits per heavy atom. The second kappa shape index (κ2) is 6.12. The third kappa shape index (κ3) is 3.03. The predicted molar refractivity (Wildman–Crippen MR) is 81.6 cm³/mol. The molecule has 20 heavy (non-hydrogen) atoms. The Morgan fingerprint density at radius 2 is 2.00 bits per heavy atom. The van der Waals surface area contributed by atoms with Crippen molar-refractivity contribution in [1.82, 2.24) is 9.97 Å². The van der Waals surface area contributed by atoms with Crippen molar-refractivity contribution in [1.29, 1.82) is 0 Å². The van der Waals surface area contributed by atoms with Crippen molar-refractivity contribution in [2.45, 2.75) is 6.42 Å². The van der Waals surface area contributed by atoms with Crippen LogP contribution < -0.4 is 15.0 Å². The van der Waals surface area contributed by atoms with Gasteiger partial charge in [-0.1, -0.05) is 6.07 Å². The molecule has 0 spiro atoms. The van der Waals surface area contributed by atoms with Crippen molar-refractivity contribution in [3.8, 4) is 17.4 Å². The zero-order valence-corrected chi connectivity index (χ0v) is 13.1. The third-order valence-electron chi connectivity index (χ3n) is 2.71. The van der Waals surface area contributed by atoms with Crippen molar-refractivity contribution in [2.24, 2.45) is 0 Å². The molecule has 0 aliphatic heterocycles. The summed E-state index contributed by atoms with van der Waals surface area (Å²) < 4.78 is 10.5. The summed E-state index contributed by atoms with van der Waals surface area (Å²) in [4.78, 5) is 18.1. The molecule has 0 radical (unpaired) electrons. The minimum atomic E-state index is -0.353. The van der Waals surface area contributed by atoms with Gasteiger partial charge in [-0.05, 0) is 40.3 Å². The zero-order chi connectivity index (χ0) is 14.7. The number of H-pyrrole nitrogens is 1. The SMILES string of the molecule is COc1ccc(Cc2nc(O)c(I)c(=O)[nH]2)cc1OC. The molecule has 0 fully saturated rings. The van der Waals surface area contributed by atoms with Gasteiger partial charge in [0.25, 0.3) is 5.56 Å². The van der Waals surface area contributed by atoms with Crippen molar-refractivity contribution in [3.63, 3.8) is 0 Å². The first-order valence-electron chi connectivity index (χ1n) is 5.73. The first-order chi connectivity index (χ1) is 9.55. The van der Waals surface area contributed by atoms with Crippen LogP contribution in [-0.4, -0.2) is 29.3 Å². The van der Waals surface area contributed by atoms with Crippen LogP contribution in [0.1, 0.15) is 11.4 Å².